The third-order valence-electron chi connectivity index (χ3n) is 4.51. The maximum Gasteiger partial charge on any atom is 0.307 e. The molecule has 2 N–H and O–H groups in total. The zero-order chi connectivity index (χ0) is 19.5. The first-order valence-corrected chi connectivity index (χ1v) is 9.76. The van der Waals surface area contributed by atoms with Crippen LogP contribution in [0.5, 0.6) is 0 Å². The van der Waals surface area contributed by atoms with Crippen LogP contribution < -0.4 is 5.32 Å². The molecule has 0 bridgehead atoms. The van der Waals surface area contributed by atoms with Crippen molar-refractivity contribution >= 4 is 39.8 Å². The van der Waals surface area contributed by atoms with Crippen LogP contribution >= 0.6 is 11.3 Å². The third-order valence-corrected chi connectivity index (χ3v) is 5.24. The van der Waals surface area contributed by atoms with Gasteiger partial charge in [-0.1, -0.05) is 18.2 Å². The van der Waals surface area contributed by atoms with Gasteiger partial charge in [-0.3, -0.25) is 9.59 Å². The SMILES string of the molecule is O=C(O)Cc1cn(-c2ccc(NC(=O)Cc3ccsc3)cc2)c2ccccc12. The lowest BCUT2D eigenvalue weighted by Crippen LogP contribution is -2.13. The van der Waals surface area contributed by atoms with Crippen LogP contribution in [0.25, 0.3) is 16.6 Å². The van der Waals surface area contributed by atoms with E-state index in [0.29, 0.717) is 6.42 Å². The molecule has 0 spiro atoms. The Morgan fingerprint density at radius 1 is 1.00 bits per heavy atom. The number of carbonyl (C=O) groups excluding carboxylic acids is 1. The Morgan fingerprint density at radius 3 is 2.50 bits per heavy atom. The Kier molecular flexibility index (Phi) is 4.95. The van der Waals surface area contributed by atoms with E-state index >= 15 is 0 Å². The van der Waals surface area contributed by atoms with Crippen LogP contribution in [0.15, 0.2) is 71.6 Å². The molecule has 2 heterocycles. The lowest BCUT2D eigenvalue weighted by atomic mass is 10.1. The molecule has 5 nitrogen and oxygen atoms in total. The van der Waals surface area contributed by atoms with Gasteiger partial charge in [0.1, 0.15) is 0 Å². The van der Waals surface area contributed by atoms with Crippen molar-refractivity contribution in [2.75, 3.05) is 5.32 Å². The highest BCUT2D eigenvalue weighted by Crippen LogP contribution is 2.26. The second-order valence-corrected chi connectivity index (χ2v) is 7.30. The van der Waals surface area contributed by atoms with E-state index < -0.39 is 5.97 Å². The zero-order valence-corrected chi connectivity index (χ0v) is 15.8. The van der Waals surface area contributed by atoms with Crippen LogP contribution in [0.3, 0.4) is 0 Å². The van der Waals surface area contributed by atoms with Crippen LogP contribution in [-0.2, 0) is 22.4 Å². The lowest BCUT2D eigenvalue weighted by Gasteiger charge is -2.08. The molecule has 4 aromatic rings. The fourth-order valence-electron chi connectivity index (χ4n) is 3.26. The van der Waals surface area contributed by atoms with Crippen LogP contribution in [-0.4, -0.2) is 21.6 Å². The normalized spacial score (nSPS) is 10.9. The van der Waals surface area contributed by atoms with Crippen molar-refractivity contribution in [1.29, 1.82) is 0 Å². The minimum Gasteiger partial charge on any atom is -0.481 e. The van der Waals surface area contributed by atoms with Crippen molar-refractivity contribution in [3.05, 3.63) is 82.7 Å². The molecule has 6 heteroatoms. The molecule has 0 unspecified atom stereocenters. The Bertz CT molecular complexity index is 1130. The van der Waals surface area contributed by atoms with Crippen LogP contribution in [0, 0.1) is 0 Å². The summed E-state index contributed by atoms with van der Waals surface area (Å²) in [4.78, 5) is 23.3. The molecule has 140 valence electrons. The van der Waals surface area contributed by atoms with Gasteiger partial charge in [-0.2, -0.15) is 11.3 Å². The standard InChI is InChI=1S/C22H18N2O3S/c25-21(11-15-9-10-28-14-15)23-17-5-7-18(8-6-17)24-13-16(12-22(26)27)19-3-1-2-4-20(19)24/h1-10,13-14H,11-12H2,(H,23,25)(H,26,27). The highest BCUT2D eigenvalue weighted by Gasteiger charge is 2.12. The molecule has 0 aliphatic rings. The topological polar surface area (TPSA) is 71.3 Å². The molecule has 0 radical (unpaired) electrons. The summed E-state index contributed by atoms with van der Waals surface area (Å²) in [6, 6.07) is 17.2. The monoisotopic (exact) mass is 390 g/mol. The Morgan fingerprint density at radius 2 is 1.79 bits per heavy atom. The first kappa shape index (κ1) is 18.0. The molecule has 2 aromatic heterocycles. The number of carboxylic acids is 1. The van der Waals surface area contributed by atoms with E-state index in [9.17, 15) is 9.59 Å². The third kappa shape index (κ3) is 3.82. The number of amides is 1. The van der Waals surface area contributed by atoms with Crippen LogP contribution in [0.2, 0.25) is 0 Å². The largest absolute Gasteiger partial charge is 0.481 e. The molecule has 1 amide bonds. The minimum atomic E-state index is -0.855. The van der Waals surface area contributed by atoms with Crippen molar-refractivity contribution in [2.45, 2.75) is 12.8 Å². The lowest BCUT2D eigenvalue weighted by molar-refractivity contribution is -0.136. The summed E-state index contributed by atoms with van der Waals surface area (Å²) in [5.74, 6) is -0.909. The number of anilines is 1. The number of nitrogens with one attached hydrogen (secondary N) is 1. The predicted octanol–water partition coefficient (Wildman–Crippen LogP) is 4.50. The fraction of sp³-hybridized carbons (Fsp3) is 0.0909. The molecule has 4 rings (SSSR count). The van der Waals surface area contributed by atoms with Gasteiger partial charge in [-0.25, -0.2) is 0 Å². The van der Waals surface area contributed by atoms with E-state index in [1.165, 1.54) is 0 Å². The number of para-hydroxylation sites is 1. The number of benzene rings is 2. The van der Waals surface area contributed by atoms with Gasteiger partial charge < -0.3 is 15.0 Å². The van der Waals surface area contributed by atoms with Gasteiger partial charge >= 0.3 is 5.97 Å². The average Bonchev–Trinajstić information content (AvgIpc) is 3.30. The summed E-state index contributed by atoms with van der Waals surface area (Å²) in [6.45, 7) is 0. The summed E-state index contributed by atoms with van der Waals surface area (Å²) in [6.07, 6.45) is 2.19. The van der Waals surface area contributed by atoms with E-state index in [-0.39, 0.29) is 12.3 Å². The van der Waals surface area contributed by atoms with Crippen molar-refractivity contribution in [3.63, 3.8) is 0 Å². The Labute approximate surface area is 165 Å². The second-order valence-electron chi connectivity index (χ2n) is 6.52. The minimum absolute atomic E-state index is 0.0236. The molecule has 0 aliphatic carbocycles. The molecule has 0 saturated heterocycles. The number of aromatic nitrogens is 1. The van der Waals surface area contributed by atoms with Crippen molar-refractivity contribution < 1.29 is 14.7 Å². The van der Waals surface area contributed by atoms with Crippen molar-refractivity contribution in [3.8, 4) is 5.69 Å². The average molecular weight is 390 g/mol. The number of thiophene rings is 1. The van der Waals surface area contributed by atoms with Gasteiger partial charge in [0.15, 0.2) is 0 Å². The van der Waals surface area contributed by atoms with Crippen LogP contribution in [0.4, 0.5) is 5.69 Å². The molecule has 0 saturated carbocycles. The highest BCUT2D eigenvalue weighted by molar-refractivity contribution is 7.08. The van der Waals surface area contributed by atoms with E-state index in [4.69, 9.17) is 5.11 Å². The number of hydrogen-bond acceptors (Lipinski definition) is 3. The maximum atomic E-state index is 12.1. The summed E-state index contributed by atoms with van der Waals surface area (Å²) in [7, 11) is 0. The van der Waals surface area contributed by atoms with Gasteiger partial charge in [0.05, 0.1) is 18.4 Å². The van der Waals surface area contributed by atoms with Crippen LogP contribution in [0.1, 0.15) is 11.1 Å². The highest BCUT2D eigenvalue weighted by atomic mass is 32.1. The summed E-state index contributed by atoms with van der Waals surface area (Å²) in [5, 5.41) is 16.9. The summed E-state index contributed by atoms with van der Waals surface area (Å²) in [5.41, 5.74) is 4.36. The molecule has 0 atom stereocenters. The van der Waals surface area contributed by atoms with Gasteiger partial charge in [0.2, 0.25) is 5.91 Å². The molecular weight excluding hydrogens is 372 g/mol. The predicted molar refractivity (Wildman–Crippen MR) is 111 cm³/mol. The van der Waals surface area contributed by atoms with Gasteiger partial charge in [0, 0.05) is 23.0 Å². The molecule has 0 fully saturated rings. The summed E-state index contributed by atoms with van der Waals surface area (Å²) < 4.78 is 1.98. The quantitative estimate of drug-likeness (QED) is 0.509. The van der Waals surface area contributed by atoms with E-state index in [0.717, 1.165) is 33.4 Å². The zero-order valence-electron chi connectivity index (χ0n) is 15.0. The van der Waals surface area contributed by atoms with Crippen molar-refractivity contribution in [2.24, 2.45) is 0 Å². The number of rotatable bonds is 6. The number of fused-ring (bicyclic) bond motifs is 1. The Balaban J connectivity index is 1.57. The first-order valence-electron chi connectivity index (χ1n) is 8.82. The second kappa shape index (κ2) is 7.70. The summed E-state index contributed by atoms with van der Waals surface area (Å²) >= 11 is 1.57. The number of nitrogens with zero attached hydrogens (tertiary/aromatic N) is 1. The first-order chi connectivity index (χ1) is 13.6. The number of hydrogen-bond donors (Lipinski definition) is 2. The van der Waals surface area contributed by atoms with E-state index in [1.54, 1.807) is 11.3 Å². The van der Waals surface area contributed by atoms with Crippen molar-refractivity contribution in [1.82, 2.24) is 4.57 Å². The van der Waals surface area contributed by atoms with Gasteiger partial charge in [0.25, 0.3) is 0 Å². The molecule has 0 aliphatic heterocycles. The van der Waals surface area contributed by atoms with Gasteiger partial charge in [-0.05, 0) is 58.3 Å². The van der Waals surface area contributed by atoms with Gasteiger partial charge in [-0.15, -0.1) is 0 Å². The molecular formula is C22H18N2O3S. The molecule has 28 heavy (non-hydrogen) atoms. The fourth-order valence-corrected chi connectivity index (χ4v) is 3.93. The van der Waals surface area contributed by atoms with E-state index in [2.05, 4.69) is 5.32 Å². The number of carboxylic acid groups (broad SMARTS) is 1. The molecule has 2 aromatic carbocycles. The maximum absolute atomic E-state index is 12.1. The van der Waals surface area contributed by atoms with E-state index in [1.807, 2.05) is 76.1 Å². The Hall–Kier alpha value is -3.38. The number of carbonyl (C=O) groups is 2. The number of aliphatic carboxylic acids is 1. The smallest absolute Gasteiger partial charge is 0.307 e.